The van der Waals surface area contributed by atoms with Crippen LogP contribution >= 0.6 is 23.2 Å². The van der Waals surface area contributed by atoms with E-state index in [9.17, 15) is 8.42 Å². The van der Waals surface area contributed by atoms with Gasteiger partial charge in [-0.2, -0.15) is 4.68 Å². The molecule has 1 heterocycles. The minimum atomic E-state index is -3.93. The minimum absolute atomic E-state index is 0.0711. The van der Waals surface area contributed by atoms with Crippen molar-refractivity contribution in [3.05, 3.63) is 58.8 Å². The van der Waals surface area contributed by atoms with Crippen molar-refractivity contribution in [2.75, 3.05) is 4.72 Å². The van der Waals surface area contributed by atoms with E-state index < -0.39 is 10.0 Å². The standard InChI is InChI=1S/C13H9Cl2N5O2S/c14-9-5-6-10(15)13(7-9)23(21,22)17-11-3-1-2-4-12(11)20-8-16-18-19-20/h1-8,17H. The number of anilines is 1. The lowest BCUT2D eigenvalue weighted by Gasteiger charge is -2.13. The molecule has 118 valence electrons. The first-order chi connectivity index (χ1) is 11.0. The van der Waals surface area contributed by atoms with Gasteiger partial charge in [0.15, 0.2) is 0 Å². The van der Waals surface area contributed by atoms with Crippen molar-refractivity contribution in [3.8, 4) is 5.69 Å². The molecule has 7 nitrogen and oxygen atoms in total. The first-order valence-corrected chi connectivity index (χ1v) is 8.51. The average molecular weight is 370 g/mol. The number of hydrogen-bond acceptors (Lipinski definition) is 5. The molecule has 23 heavy (non-hydrogen) atoms. The maximum atomic E-state index is 12.6. The molecular weight excluding hydrogens is 361 g/mol. The number of sulfonamides is 1. The van der Waals surface area contributed by atoms with Crippen molar-refractivity contribution in [3.63, 3.8) is 0 Å². The van der Waals surface area contributed by atoms with Crippen molar-refractivity contribution in [1.29, 1.82) is 0 Å². The Morgan fingerprint density at radius 3 is 2.61 bits per heavy atom. The van der Waals surface area contributed by atoms with E-state index in [1.807, 2.05) is 0 Å². The maximum Gasteiger partial charge on any atom is 0.263 e. The molecule has 1 N–H and O–H groups in total. The molecule has 0 saturated heterocycles. The predicted octanol–water partition coefficient (Wildman–Crippen LogP) is 2.77. The number of hydrogen-bond donors (Lipinski definition) is 1. The number of nitrogens with one attached hydrogen (secondary N) is 1. The minimum Gasteiger partial charge on any atom is -0.277 e. The zero-order chi connectivity index (χ0) is 16.4. The molecule has 10 heteroatoms. The summed E-state index contributed by atoms with van der Waals surface area (Å²) >= 11 is 11.8. The first-order valence-electron chi connectivity index (χ1n) is 6.27. The second-order valence-corrected chi connectivity index (χ2v) is 6.95. The molecule has 2 aromatic carbocycles. The number of halogens is 2. The Kier molecular flexibility index (Phi) is 4.20. The number of tetrazole rings is 1. The fourth-order valence-corrected chi connectivity index (χ4v) is 3.75. The summed E-state index contributed by atoms with van der Waals surface area (Å²) in [6, 6.07) is 10.9. The van der Waals surface area contributed by atoms with E-state index in [-0.39, 0.29) is 14.9 Å². The molecule has 0 bridgehead atoms. The number of rotatable bonds is 4. The number of benzene rings is 2. The van der Waals surface area contributed by atoms with Crippen LogP contribution in [0.25, 0.3) is 5.69 Å². The summed E-state index contributed by atoms with van der Waals surface area (Å²) in [5, 5.41) is 11.2. The highest BCUT2D eigenvalue weighted by molar-refractivity contribution is 7.92. The third kappa shape index (κ3) is 3.29. The highest BCUT2D eigenvalue weighted by atomic mass is 35.5. The molecule has 1 aromatic heterocycles. The quantitative estimate of drug-likeness (QED) is 0.763. The predicted molar refractivity (Wildman–Crippen MR) is 86.4 cm³/mol. The highest BCUT2D eigenvalue weighted by Gasteiger charge is 2.20. The van der Waals surface area contributed by atoms with Gasteiger partial charge in [-0.15, -0.1) is 5.10 Å². The van der Waals surface area contributed by atoms with Gasteiger partial charge in [-0.25, -0.2) is 8.42 Å². The van der Waals surface area contributed by atoms with Crippen LogP contribution < -0.4 is 4.72 Å². The Balaban J connectivity index is 2.04. The van der Waals surface area contributed by atoms with Gasteiger partial charge >= 0.3 is 0 Å². The first kappa shape index (κ1) is 15.7. The maximum absolute atomic E-state index is 12.6. The highest BCUT2D eigenvalue weighted by Crippen LogP contribution is 2.28. The lowest BCUT2D eigenvalue weighted by molar-refractivity contribution is 0.601. The van der Waals surface area contributed by atoms with Crippen LogP contribution in [0, 0.1) is 0 Å². The molecule has 0 radical (unpaired) electrons. The van der Waals surface area contributed by atoms with Gasteiger partial charge in [0.05, 0.1) is 16.4 Å². The zero-order valence-corrected chi connectivity index (χ0v) is 13.7. The molecule has 0 fully saturated rings. The third-order valence-corrected chi connectivity index (χ3v) is 5.01. The largest absolute Gasteiger partial charge is 0.277 e. The van der Waals surface area contributed by atoms with E-state index in [2.05, 4.69) is 20.2 Å². The topological polar surface area (TPSA) is 89.8 Å². The van der Waals surface area contributed by atoms with E-state index in [1.54, 1.807) is 24.3 Å². The Hall–Kier alpha value is -2.16. The average Bonchev–Trinajstić information content (AvgIpc) is 3.04. The van der Waals surface area contributed by atoms with Gasteiger partial charge in [-0.1, -0.05) is 35.3 Å². The van der Waals surface area contributed by atoms with Crippen molar-refractivity contribution >= 4 is 38.9 Å². The summed E-state index contributed by atoms with van der Waals surface area (Å²) in [6.07, 6.45) is 1.36. The van der Waals surface area contributed by atoms with Crippen molar-refractivity contribution in [2.45, 2.75) is 4.90 Å². The van der Waals surface area contributed by atoms with E-state index >= 15 is 0 Å². The zero-order valence-electron chi connectivity index (χ0n) is 11.4. The fourth-order valence-electron chi connectivity index (χ4n) is 1.91. The van der Waals surface area contributed by atoms with Crippen LogP contribution in [-0.2, 0) is 10.0 Å². The molecule has 0 aliphatic heterocycles. The normalized spacial score (nSPS) is 11.4. The van der Waals surface area contributed by atoms with Gasteiger partial charge in [0, 0.05) is 5.02 Å². The molecule has 3 aromatic rings. The Bertz CT molecular complexity index is 945. The monoisotopic (exact) mass is 369 g/mol. The summed E-state index contributed by atoms with van der Waals surface area (Å²) in [4.78, 5) is -0.113. The van der Waals surface area contributed by atoms with Gasteiger partial charge in [-0.05, 0) is 40.8 Å². The van der Waals surface area contributed by atoms with Crippen LogP contribution in [0.2, 0.25) is 10.0 Å². The molecule has 0 amide bonds. The lowest BCUT2D eigenvalue weighted by Crippen LogP contribution is -2.15. The molecular formula is C13H9Cl2N5O2S. The van der Waals surface area contributed by atoms with Gasteiger partial charge in [0.1, 0.15) is 11.2 Å². The van der Waals surface area contributed by atoms with Gasteiger partial charge < -0.3 is 0 Å². The van der Waals surface area contributed by atoms with Gasteiger partial charge in [0.25, 0.3) is 10.0 Å². The summed E-state index contributed by atoms with van der Waals surface area (Å²) in [6.45, 7) is 0. The molecule has 0 saturated carbocycles. The van der Waals surface area contributed by atoms with Crippen LogP contribution in [0.15, 0.2) is 53.7 Å². The SMILES string of the molecule is O=S(=O)(Nc1ccccc1-n1cnnn1)c1cc(Cl)ccc1Cl. The lowest BCUT2D eigenvalue weighted by atomic mass is 10.3. The van der Waals surface area contributed by atoms with E-state index in [1.165, 1.54) is 29.2 Å². The van der Waals surface area contributed by atoms with Gasteiger partial charge in [-0.3, -0.25) is 4.72 Å². The second kappa shape index (κ2) is 6.15. The van der Waals surface area contributed by atoms with Crippen molar-refractivity contribution in [1.82, 2.24) is 20.2 Å². The molecule has 0 unspecified atom stereocenters. The molecule has 0 aliphatic carbocycles. The Morgan fingerprint density at radius 1 is 1.09 bits per heavy atom. The molecule has 0 aliphatic rings. The van der Waals surface area contributed by atoms with Crippen LogP contribution in [-0.4, -0.2) is 28.6 Å². The van der Waals surface area contributed by atoms with Gasteiger partial charge in [0.2, 0.25) is 0 Å². The number of para-hydroxylation sites is 2. The van der Waals surface area contributed by atoms with E-state index in [0.29, 0.717) is 11.4 Å². The number of nitrogens with zero attached hydrogens (tertiary/aromatic N) is 4. The fraction of sp³-hybridized carbons (Fsp3) is 0. The molecule has 0 spiro atoms. The van der Waals surface area contributed by atoms with Crippen molar-refractivity contribution < 1.29 is 8.42 Å². The molecule has 3 rings (SSSR count). The number of aromatic nitrogens is 4. The summed E-state index contributed by atoms with van der Waals surface area (Å²) in [5.74, 6) is 0. The summed E-state index contributed by atoms with van der Waals surface area (Å²) in [7, 11) is -3.93. The van der Waals surface area contributed by atoms with E-state index in [0.717, 1.165) is 0 Å². The Morgan fingerprint density at radius 2 is 1.87 bits per heavy atom. The third-order valence-electron chi connectivity index (χ3n) is 2.93. The van der Waals surface area contributed by atoms with Crippen LogP contribution in [0.4, 0.5) is 5.69 Å². The summed E-state index contributed by atoms with van der Waals surface area (Å²) < 4.78 is 29.0. The van der Waals surface area contributed by atoms with Crippen molar-refractivity contribution in [2.24, 2.45) is 0 Å². The second-order valence-electron chi connectivity index (χ2n) is 4.45. The smallest absolute Gasteiger partial charge is 0.263 e. The van der Waals surface area contributed by atoms with E-state index in [4.69, 9.17) is 23.2 Å². The van der Waals surface area contributed by atoms with Crippen LogP contribution in [0.5, 0.6) is 0 Å². The Labute approximate surface area is 141 Å². The molecule has 0 atom stereocenters. The summed E-state index contributed by atoms with van der Waals surface area (Å²) in [5.41, 5.74) is 0.773. The van der Waals surface area contributed by atoms with Crippen LogP contribution in [0.1, 0.15) is 0 Å². The van der Waals surface area contributed by atoms with Crippen LogP contribution in [0.3, 0.4) is 0 Å².